The summed E-state index contributed by atoms with van der Waals surface area (Å²) in [5.41, 5.74) is 5.54. The lowest BCUT2D eigenvalue weighted by Crippen LogP contribution is -2.28. The summed E-state index contributed by atoms with van der Waals surface area (Å²) in [6.45, 7) is 4.62. The Kier molecular flexibility index (Phi) is 4.20. The van der Waals surface area contributed by atoms with Crippen molar-refractivity contribution in [3.8, 4) is 0 Å². The van der Waals surface area contributed by atoms with Gasteiger partial charge in [0.15, 0.2) is 0 Å². The molecular weight excluding hydrogens is 174 g/mol. The van der Waals surface area contributed by atoms with Crippen molar-refractivity contribution in [3.05, 3.63) is 0 Å². The minimum Gasteiger partial charge on any atom is -0.330 e. The third kappa shape index (κ3) is 4.72. The Balaban J connectivity index is 4.07. The molecule has 0 fully saturated rings. The molecule has 2 N–H and O–H groups in total. The van der Waals surface area contributed by atoms with E-state index in [2.05, 4.69) is 0 Å². The van der Waals surface area contributed by atoms with Crippen molar-refractivity contribution < 1.29 is 8.42 Å². The standard InChI is InChI=1S/C8H19NO2S/c1-4-8(2,7-9)5-6-12(3,10)11/h4-7,9H2,1-3H3. The molecular formula is C8H19NO2S. The largest absolute Gasteiger partial charge is 0.330 e. The molecule has 0 aliphatic rings. The SMILES string of the molecule is CCC(C)(CN)CCS(C)(=O)=O. The lowest BCUT2D eigenvalue weighted by Gasteiger charge is -2.25. The maximum atomic E-state index is 10.9. The molecule has 0 bridgehead atoms. The highest BCUT2D eigenvalue weighted by atomic mass is 32.2. The van der Waals surface area contributed by atoms with Crippen LogP contribution in [0.4, 0.5) is 0 Å². The fraction of sp³-hybridized carbons (Fsp3) is 1.00. The highest BCUT2D eigenvalue weighted by molar-refractivity contribution is 7.90. The molecule has 74 valence electrons. The summed E-state index contributed by atoms with van der Waals surface area (Å²) in [4.78, 5) is 0. The second kappa shape index (κ2) is 4.23. The molecule has 0 spiro atoms. The Morgan fingerprint density at radius 1 is 1.42 bits per heavy atom. The van der Waals surface area contributed by atoms with Crippen molar-refractivity contribution in [2.24, 2.45) is 11.1 Å². The first kappa shape index (κ1) is 11.9. The summed E-state index contributed by atoms with van der Waals surface area (Å²) in [6.07, 6.45) is 2.86. The van der Waals surface area contributed by atoms with Gasteiger partial charge in [-0.05, 0) is 24.8 Å². The van der Waals surface area contributed by atoms with E-state index in [1.54, 1.807) is 0 Å². The van der Waals surface area contributed by atoms with Gasteiger partial charge in [0.25, 0.3) is 0 Å². The Labute approximate surface area is 75.3 Å². The summed E-state index contributed by atoms with van der Waals surface area (Å²) in [5, 5.41) is 0. The van der Waals surface area contributed by atoms with Crippen molar-refractivity contribution in [3.63, 3.8) is 0 Å². The van der Waals surface area contributed by atoms with Crippen LogP contribution in [-0.4, -0.2) is 27.0 Å². The quantitative estimate of drug-likeness (QED) is 0.702. The van der Waals surface area contributed by atoms with Crippen LogP contribution in [0, 0.1) is 5.41 Å². The fourth-order valence-corrected chi connectivity index (χ4v) is 1.72. The first-order valence-electron chi connectivity index (χ1n) is 4.21. The van der Waals surface area contributed by atoms with Crippen LogP contribution in [0.25, 0.3) is 0 Å². The van der Waals surface area contributed by atoms with Gasteiger partial charge in [-0.2, -0.15) is 0 Å². The van der Waals surface area contributed by atoms with Gasteiger partial charge in [-0.1, -0.05) is 13.8 Å². The predicted octanol–water partition coefficient (Wildman–Crippen LogP) is 0.796. The van der Waals surface area contributed by atoms with E-state index in [4.69, 9.17) is 5.73 Å². The summed E-state index contributed by atoms with van der Waals surface area (Å²) < 4.78 is 21.7. The van der Waals surface area contributed by atoms with Crippen molar-refractivity contribution >= 4 is 9.84 Å². The monoisotopic (exact) mass is 193 g/mol. The molecule has 3 nitrogen and oxygen atoms in total. The molecule has 0 aliphatic carbocycles. The van der Waals surface area contributed by atoms with Crippen LogP contribution >= 0.6 is 0 Å². The van der Waals surface area contributed by atoms with Gasteiger partial charge >= 0.3 is 0 Å². The zero-order valence-corrected chi connectivity index (χ0v) is 8.95. The van der Waals surface area contributed by atoms with Crippen LogP contribution in [-0.2, 0) is 9.84 Å². The van der Waals surface area contributed by atoms with Gasteiger partial charge < -0.3 is 5.73 Å². The number of hydrogen-bond donors (Lipinski definition) is 1. The predicted molar refractivity (Wildman–Crippen MR) is 51.8 cm³/mol. The van der Waals surface area contributed by atoms with E-state index < -0.39 is 9.84 Å². The smallest absolute Gasteiger partial charge is 0.147 e. The molecule has 0 aromatic rings. The molecule has 1 atom stereocenters. The van der Waals surface area contributed by atoms with Gasteiger partial charge in [0, 0.05) is 6.26 Å². The average Bonchev–Trinajstić information content (AvgIpc) is 1.99. The summed E-state index contributed by atoms with van der Waals surface area (Å²) in [5.74, 6) is 0.245. The van der Waals surface area contributed by atoms with Gasteiger partial charge in [-0.25, -0.2) is 8.42 Å². The molecule has 0 saturated heterocycles. The maximum Gasteiger partial charge on any atom is 0.147 e. The molecule has 0 aromatic heterocycles. The number of hydrogen-bond acceptors (Lipinski definition) is 3. The number of sulfone groups is 1. The van der Waals surface area contributed by atoms with Gasteiger partial charge in [0.2, 0.25) is 0 Å². The number of nitrogens with two attached hydrogens (primary N) is 1. The summed E-state index contributed by atoms with van der Waals surface area (Å²) in [6, 6.07) is 0. The summed E-state index contributed by atoms with van der Waals surface area (Å²) >= 11 is 0. The highest BCUT2D eigenvalue weighted by Gasteiger charge is 2.21. The fourth-order valence-electron chi connectivity index (χ4n) is 0.855. The highest BCUT2D eigenvalue weighted by Crippen LogP contribution is 2.24. The topological polar surface area (TPSA) is 60.2 Å². The zero-order chi connectivity index (χ0) is 9.83. The Morgan fingerprint density at radius 2 is 1.92 bits per heavy atom. The van der Waals surface area contributed by atoms with E-state index >= 15 is 0 Å². The normalized spacial score (nSPS) is 17.3. The van der Waals surface area contributed by atoms with Gasteiger partial charge in [0.05, 0.1) is 5.75 Å². The molecule has 0 rings (SSSR count). The van der Waals surface area contributed by atoms with Crippen molar-refractivity contribution in [1.29, 1.82) is 0 Å². The van der Waals surface area contributed by atoms with E-state index in [0.29, 0.717) is 13.0 Å². The van der Waals surface area contributed by atoms with Crippen LogP contribution in [0.2, 0.25) is 0 Å². The van der Waals surface area contributed by atoms with Crippen LogP contribution in [0.5, 0.6) is 0 Å². The van der Waals surface area contributed by atoms with E-state index in [1.165, 1.54) is 6.26 Å². The average molecular weight is 193 g/mol. The Hall–Kier alpha value is -0.0900. The first-order chi connectivity index (χ1) is 5.33. The van der Waals surface area contributed by atoms with E-state index in [1.807, 2.05) is 13.8 Å². The van der Waals surface area contributed by atoms with E-state index in [0.717, 1.165) is 6.42 Å². The van der Waals surface area contributed by atoms with Crippen molar-refractivity contribution in [1.82, 2.24) is 0 Å². The molecule has 0 saturated carbocycles. The molecule has 4 heteroatoms. The zero-order valence-electron chi connectivity index (χ0n) is 8.13. The van der Waals surface area contributed by atoms with Crippen molar-refractivity contribution in [2.45, 2.75) is 26.7 Å². The third-order valence-electron chi connectivity index (χ3n) is 2.42. The molecule has 0 aliphatic heterocycles. The first-order valence-corrected chi connectivity index (χ1v) is 6.27. The van der Waals surface area contributed by atoms with Crippen LogP contribution in [0.1, 0.15) is 26.7 Å². The third-order valence-corrected chi connectivity index (χ3v) is 3.37. The van der Waals surface area contributed by atoms with E-state index in [9.17, 15) is 8.42 Å². The lowest BCUT2D eigenvalue weighted by atomic mass is 9.85. The molecule has 0 heterocycles. The van der Waals surface area contributed by atoms with Gasteiger partial charge in [0.1, 0.15) is 9.84 Å². The lowest BCUT2D eigenvalue weighted by molar-refractivity contribution is 0.311. The minimum absolute atomic E-state index is 0.0108. The maximum absolute atomic E-state index is 10.9. The summed E-state index contributed by atoms with van der Waals surface area (Å²) in [7, 11) is -2.83. The van der Waals surface area contributed by atoms with Crippen LogP contribution in [0.15, 0.2) is 0 Å². The van der Waals surface area contributed by atoms with Gasteiger partial charge in [-0.15, -0.1) is 0 Å². The second-order valence-electron chi connectivity index (χ2n) is 3.75. The molecule has 1 unspecified atom stereocenters. The second-order valence-corrected chi connectivity index (χ2v) is 6.01. The molecule has 0 aromatic carbocycles. The molecule has 0 radical (unpaired) electrons. The molecule has 12 heavy (non-hydrogen) atoms. The van der Waals surface area contributed by atoms with Crippen molar-refractivity contribution in [2.75, 3.05) is 18.6 Å². The van der Waals surface area contributed by atoms with E-state index in [-0.39, 0.29) is 11.2 Å². The van der Waals surface area contributed by atoms with Gasteiger partial charge in [-0.3, -0.25) is 0 Å². The van der Waals surface area contributed by atoms with Crippen LogP contribution < -0.4 is 5.73 Å². The molecule has 0 amide bonds. The number of rotatable bonds is 5. The van der Waals surface area contributed by atoms with Crippen LogP contribution in [0.3, 0.4) is 0 Å². The Bertz CT molecular complexity index is 217. The Morgan fingerprint density at radius 3 is 2.17 bits per heavy atom. The minimum atomic E-state index is -2.83.